The number of aliphatic hydroxyl groups is 1. The number of nitrogens with one attached hydrogen (secondary N) is 2. The fraction of sp³-hybridized carbons (Fsp3) is 0.333. The number of hydrogen-bond acceptors (Lipinski definition) is 5. The van der Waals surface area contributed by atoms with E-state index < -0.39 is 6.04 Å². The van der Waals surface area contributed by atoms with Crippen molar-refractivity contribution in [2.75, 3.05) is 40.4 Å². The number of aryl methyl sites for hydroxylation is 1. The van der Waals surface area contributed by atoms with Crippen molar-refractivity contribution in [1.29, 1.82) is 0 Å². The van der Waals surface area contributed by atoms with E-state index in [0.29, 0.717) is 36.4 Å². The second-order valence-electron chi connectivity index (χ2n) is 10.5. The second-order valence-corrected chi connectivity index (χ2v) is 10.5. The van der Waals surface area contributed by atoms with Crippen LogP contribution in [0.15, 0.2) is 72.9 Å². The molecule has 0 aliphatic rings. The van der Waals surface area contributed by atoms with Crippen LogP contribution >= 0.6 is 0 Å². The molecule has 0 spiro atoms. The van der Waals surface area contributed by atoms with Crippen molar-refractivity contribution < 1.29 is 20.9 Å². The molecular formula is C33H42N4O4. The summed E-state index contributed by atoms with van der Waals surface area (Å²) >= 11 is 0. The SMILES string of the molecule is CCCOc1ccc(-c2cccc(C(=O)NCCN(C)C)c2)cc1C(=O)N[C@@H](CO)Cc1cn(C)c2ccccc12.[HH]. The molecule has 41 heavy (non-hydrogen) atoms. The van der Waals surface area contributed by atoms with Gasteiger partial charge < -0.3 is 29.9 Å². The molecular weight excluding hydrogens is 516 g/mol. The minimum Gasteiger partial charge on any atom is -0.493 e. The van der Waals surface area contributed by atoms with E-state index in [-0.39, 0.29) is 19.8 Å². The molecule has 0 bridgehead atoms. The van der Waals surface area contributed by atoms with Gasteiger partial charge in [-0.2, -0.15) is 0 Å². The summed E-state index contributed by atoms with van der Waals surface area (Å²) in [5.74, 6) is 0.0103. The number of hydrogen-bond donors (Lipinski definition) is 3. The summed E-state index contributed by atoms with van der Waals surface area (Å²) in [6.45, 7) is 3.58. The largest absolute Gasteiger partial charge is 0.493 e. The summed E-state index contributed by atoms with van der Waals surface area (Å²) in [5.41, 5.74) is 4.69. The van der Waals surface area contributed by atoms with E-state index in [1.165, 1.54) is 0 Å². The van der Waals surface area contributed by atoms with Gasteiger partial charge in [0.05, 0.1) is 24.8 Å². The monoisotopic (exact) mass is 558 g/mol. The number of carbonyl (C=O) groups is 2. The number of benzene rings is 3. The van der Waals surface area contributed by atoms with Gasteiger partial charge in [0, 0.05) is 44.2 Å². The molecule has 0 saturated heterocycles. The van der Waals surface area contributed by atoms with E-state index in [4.69, 9.17) is 4.74 Å². The summed E-state index contributed by atoms with van der Waals surface area (Å²) in [6.07, 6.45) is 3.33. The Labute approximate surface area is 243 Å². The molecule has 0 fully saturated rings. The molecule has 0 saturated carbocycles. The number of carbonyl (C=O) groups excluding carboxylic acids is 2. The van der Waals surface area contributed by atoms with Crippen molar-refractivity contribution in [3.63, 3.8) is 0 Å². The Morgan fingerprint density at radius 2 is 1.80 bits per heavy atom. The van der Waals surface area contributed by atoms with Crippen LogP contribution in [0.5, 0.6) is 5.75 Å². The zero-order valence-electron chi connectivity index (χ0n) is 24.3. The lowest BCUT2D eigenvalue weighted by Gasteiger charge is -2.18. The molecule has 1 aromatic heterocycles. The van der Waals surface area contributed by atoms with Gasteiger partial charge in [0.25, 0.3) is 11.8 Å². The number of amides is 2. The van der Waals surface area contributed by atoms with Gasteiger partial charge in [-0.1, -0.05) is 43.3 Å². The molecule has 4 aromatic rings. The van der Waals surface area contributed by atoms with Crippen molar-refractivity contribution in [2.24, 2.45) is 7.05 Å². The molecule has 1 atom stereocenters. The molecule has 2 amide bonds. The minimum absolute atomic E-state index is 0. The van der Waals surface area contributed by atoms with Gasteiger partial charge in [-0.25, -0.2) is 0 Å². The number of para-hydroxylation sites is 1. The maximum atomic E-state index is 13.6. The van der Waals surface area contributed by atoms with Crippen LogP contribution in [0, 0.1) is 0 Å². The maximum Gasteiger partial charge on any atom is 0.255 e. The predicted octanol–water partition coefficient (Wildman–Crippen LogP) is 4.50. The number of nitrogens with zero attached hydrogens (tertiary/aromatic N) is 2. The molecule has 4 rings (SSSR count). The van der Waals surface area contributed by atoms with Gasteiger partial charge in [0.15, 0.2) is 0 Å². The van der Waals surface area contributed by atoms with Gasteiger partial charge in [0.2, 0.25) is 0 Å². The summed E-state index contributed by atoms with van der Waals surface area (Å²) in [6, 6.07) is 20.4. The molecule has 0 aliphatic carbocycles. The van der Waals surface area contributed by atoms with Crippen LogP contribution in [-0.4, -0.2) is 72.8 Å². The first-order valence-corrected chi connectivity index (χ1v) is 14.1. The van der Waals surface area contributed by atoms with E-state index in [1.807, 2.05) is 75.6 Å². The van der Waals surface area contributed by atoms with Crippen molar-refractivity contribution in [2.45, 2.75) is 25.8 Å². The Morgan fingerprint density at radius 1 is 1.02 bits per heavy atom. The number of rotatable bonds is 13. The highest BCUT2D eigenvalue weighted by atomic mass is 16.5. The fourth-order valence-corrected chi connectivity index (χ4v) is 4.84. The number of aromatic nitrogens is 1. The van der Waals surface area contributed by atoms with Crippen molar-refractivity contribution in [1.82, 2.24) is 20.1 Å². The minimum atomic E-state index is -0.481. The fourth-order valence-electron chi connectivity index (χ4n) is 4.84. The van der Waals surface area contributed by atoms with Crippen LogP contribution in [0.4, 0.5) is 0 Å². The quantitative estimate of drug-likeness (QED) is 0.225. The Bertz CT molecular complexity index is 1500. The Morgan fingerprint density at radius 3 is 2.56 bits per heavy atom. The first-order chi connectivity index (χ1) is 19.8. The number of likely N-dealkylation sites (N-methyl/N-ethyl adjacent to an activating group) is 1. The molecule has 1 heterocycles. The molecule has 8 heteroatoms. The van der Waals surface area contributed by atoms with Crippen LogP contribution in [0.3, 0.4) is 0 Å². The van der Waals surface area contributed by atoms with Crippen molar-refractivity contribution in [3.05, 3.63) is 89.6 Å². The van der Waals surface area contributed by atoms with Crippen LogP contribution < -0.4 is 15.4 Å². The number of aliphatic hydroxyl groups excluding tert-OH is 1. The first-order valence-electron chi connectivity index (χ1n) is 14.1. The lowest BCUT2D eigenvalue weighted by molar-refractivity contribution is 0.0911. The van der Waals surface area contributed by atoms with Gasteiger partial charge in [-0.15, -0.1) is 0 Å². The lowest BCUT2D eigenvalue weighted by atomic mass is 9.99. The van der Waals surface area contributed by atoms with Gasteiger partial charge in [-0.05, 0) is 74.0 Å². The van der Waals surface area contributed by atoms with E-state index in [0.717, 1.165) is 40.6 Å². The highest BCUT2D eigenvalue weighted by Crippen LogP contribution is 2.28. The smallest absolute Gasteiger partial charge is 0.255 e. The normalized spacial score (nSPS) is 12.0. The summed E-state index contributed by atoms with van der Waals surface area (Å²) in [4.78, 5) is 28.3. The zero-order valence-corrected chi connectivity index (χ0v) is 24.3. The van der Waals surface area contributed by atoms with Crippen LogP contribution in [-0.2, 0) is 13.5 Å². The Kier molecular flexibility index (Phi) is 10.2. The summed E-state index contributed by atoms with van der Waals surface area (Å²) < 4.78 is 7.98. The van der Waals surface area contributed by atoms with E-state index in [1.54, 1.807) is 18.2 Å². The van der Waals surface area contributed by atoms with Gasteiger partial charge in [0.1, 0.15) is 5.75 Å². The summed E-state index contributed by atoms with van der Waals surface area (Å²) in [7, 11) is 5.91. The third-order valence-corrected chi connectivity index (χ3v) is 6.99. The Hall–Kier alpha value is -4.14. The topological polar surface area (TPSA) is 95.8 Å². The zero-order chi connectivity index (χ0) is 29.4. The second kappa shape index (κ2) is 14.0. The van der Waals surface area contributed by atoms with E-state index in [9.17, 15) is 14.7 Å². The van der Waals surface area contributed by atoms with Crippen LogP contribution in [0.2, 0.25) is 0 Å². The molecule has 0 aliphatic heterocycles. The molecule has 3 N–H and O–H groups in total. The molecule has 8 nitrogen and oxygen atoms in total. The van der Waals surface area contributed by atoms with Gasteiger partial charge in [-0.3, -0.25) is 9.59 Å². The maximum absolute atomic E-state index is 13.6. The van der Waals surface area contributed by atoms with Gasteiger partial charge >= 0.3 is 0 Å². The van der Waals surface area contributed by atoms with Crippen LogP contribution in [0.25, 0.3) is 22.0 Å². The summed E-state index contributed by atoms with van der Waals surface area (Å²) in [5, 5.41) is 17.2. The average Bonchev–Trinajstić information content (AvgIpc) is 3.30. The number of fused-ring (bicyclic) bond motifs is 1. The lowest BCUT2D eigenvalue weighted by Crippen LogP contribution is -2.39. The predicted molar refractivity (Wildman–Crippen MR) is 166 cm³/mol. The van der Waals surface area contributed by atoms with E-state index in [2.05, 4.69) is 27.3 Å². The molecule has 3 aromatic carbocycles. The third-order valence-electron chi connectivity index (χ3n) is 6.99. The number of ether oxygens (including phenoxy) is 1. The highest BCUT2D eigenvalue weighted by Gasteiger charge is 2.20. The van der Waals surface area contributed by atoms with Crippen LogP contribution in [0.1, 0.15) is 41.1 Å². The standard InChI is InChI=1S/C33H40N4O4.H2/c1-5-17-41-31-14-13-24(23-9-8-10-25(18-23)32(39)34-15-16-36(2)3)20-29(31)33(40)35-27(22-38)19-26-21-37(4)30-12-7-6-11-28(26)30;/h6-14,18,20-21,27,38H,5,15-17,19,22H2,1-4H3,(H,34,39)(H,35,40);1H/t27-;/m1./s1. The molecule has 218 valence electrons. The third kappa shape index (κ3) is 7.54. The van der Waals surface area contributed by atoms with E-state index >= 15 is 0 Å². The van der Waals surface area contributed by atoms with Crippen molar-refractivity contribution >= 4 is 22.7 Å². The molecule has 0 radical (unpaired) electrons. The first kappa shape index (κ1) is 29.8. The highest BCUT2D eigenvalue weighted by molar-refractivity contribution is 5.99. The Balaban J connectivity index is 0.00000484. The molecule has 0 unspecified atom stereocenters. The van der Waals surface area contributed by atoms with Crippen molar-refractivity contribution in [3.8, 4) is 16.9 Å². The average molecular weight is 559 g/mol.